The highest BCUT2D eigenvalue weighted by Crippen LogP contribution is 2.16. The molecule has 16 heavy (non-hydrogen) atoms. The number of piperidine rings is 1. The van der Waals surface area contributed by atoms with Gasteiger partial charge in [0.15, 0.2) is 0 Å². The normalized spacial score (nSPS) is 25.3. The lowest BCUT2D eigenvalue weighted by Gasteiger charge is -2.30. The summed E-state index contributed by atoms with van der Waals surface area (Å²) in [5.41, 5.74) is 0. The third-order valence-electron chi connectivity index (χ3n) is 2.72. The van der Waals surface area contributed by atoms with Crippen LogP contribution in [0.5, 0.6) is 5.75 Å². The maximum atomic E-state index is 5.89. The van der Waals surface area contributed by atoms with E-state index in [9.17, 15) is 0 Å². The quantitative estimate of drug-likeness (QED) is 0.841. The van der Waals surface area contributed by atoms with Crippen LogP contribution in [0.1, 0.15) is 13.3 Å². The van der Waals surface area contributed by atoms with Crippen LogP contribution in [-0.4, -0.2) is 31.9 Å². The van der Waals surface area contributed by atoms with E-state index in [1.54, 1.807) is 0 Å². The third kappa shape index (κ3) is 3.22. The van der Waals surface area contributed by atoms with Gasteiger partial charge in [-0.3, -0.25) is 0 Å². The molecule has 0 aromatic heterocycles. The number of nitrogens with one attached hydrogen (secondary N) is 1. The summed E-state index contributed by atoms with van der Waals surface area (Å²) in [6.07, 6.45) is 1.47. The smallest absolute Gasteiger partial charge is 0.119 e. The molecule has 1 aromatic rings. The molecule has 0 amide bonds. The van der Waals surface area contributed by atoms with E-state index in [4.69, 9.17) is 9.47 Å². The van der Waals surface area contributed by atoms with Gasteiger partial charge in [0.2, 0.25) is 0 Å². The van der Waals surface area contributed by atoms with E-state index in [1.807, 2.05) is 37.3 Å². The van der Waals surface area contributed by atoms with Crippen molar-refractivity contribution in [1.82, 2.24) is 5.32 Å². The summed E-state index contributed by atoms with van der Waals surface area (Å²) in [5.74, 6) is 0.937. The number of rotatable bonds is 4. The molecule has 0 spiro atoms. The lowest BCUT2D eigenvalue weighted by molar-refractivity contribution is 0.00838. The van der Waals surface area contributed by atoms with Gasteiger partial charge in [-0.25, -0.2) is 0 Å². The molecule has 0 aliphatic carbocycles. The van der Waals surface area contributed by atoms with E-state index in [-0.39, 0.29) is 12.2 Å². The topological polar surface area (TPSA) is 30.5 Å². The minimum atomic E-state index is 0.215. The highest BCUT2D eigenvalue weighted by atomic mass is 16.5. The number of hydrogen-bond donors (Lipinski definition) is 1. The van der Waals surface area contributed by atoms with Gasteiger partial charge in [0, 0.05) is 26.1 Å². The fourth-order valence-electron chi connectivity index (χ4n) is 2.01. The van der Waals surface area contributed by atoms with E-state index in [2.05, 4.69) is 5.32 Å². The maximum absolute atomic E-state index is 5.89. The van der Waals surface area contributed by atoms with Crippen molar-refractivity contribution in [2.24, 2.45) is 0 Å². The van der Waals surface area contributed by atoms with Gasteiger partial charge < -0.3 is 14.8 Å². The van der Waals surface area contributed by atoms with Gasteiger partial charge in [-0.15, -0.1) is 0 Å². The first-order chi connectivity index (χ1) is 7.88. The van der Waals surface area contributed by atoms with E-state index in [1.165, 1.54) is 0 Å². The number of ether oxygens (including phenoxy) is 2. The van der Waals surface area contributed by atoms with Gasteiger partial charge in [0.25, 0.3) is 0 Å². The van der Waals surface area contributed by atoms with Gasteiger partial charge in [0.1, 0.15) is 11.9 Å². The average Bonchev–Trinajstić information content (AvgIpc) is 2.31. The van der Waals surface area contributed by atoms with Gasteiger partial charge >= 0.3 is 0 Å². The Bertz CT molecular complexity index is 300. The van der Waals surface area contributed by atoms with Crippen LogP contribution in [0.4, 0.5) is 0 Å². The Labute approximate surface area is 96.8 Å². The van der Waals surface area contributed by atoms with Crippen molar-refractivity contribution in [1.29, 1.82) is 0 Å². The third-order valence-corrected chi connectivity index (χ3v) is 2.72. The molecular formula is C13H19NO2. The van der Waals surface area contributed by atoms with Crippen LogP contribution in [-0.2, 0) is 4.74 Å². The van der Waals surface area contributed by atoms with Crippen LogP contribution in [0.2, 0.25) is 0 Å². The Morgan fingerprint density at radius 1 is 1.19 bits per heavy atom. The molecule has 1 aromatic carbocycles. The maximum Gasteiger partial charge on any atom is 0.119 e. The van der Waals surface area contributed by atoms with Crippen molar-refractivity contribution in [3.8, 4) is 5.75 Å². The zero-order chi connectivity index (χ0) is 11.2. The molecule has 0 unspecified atom stereocenters. The molecule has 1 heterocycles. The molecule has 1 N–H and O–H groups in total. The zero-order valence-corrected chi connectivity index (χ0v) is 9.69. The van der Waals surface area contributed by atoms with Crippen molar-refractivity contribution in [3.63, 3.8) is 0 Å². The van der Waals surface area contributed by atoms with Gasteiger partial charge in [-0.05, 0) is 19.1 Å². The molecule has 0 bridgehead atoms. The fourth-order valence-corrected chi connectivity index (χ4v) is 2.01. The van der Waals surface area contributed by atoms with E-state index in [0.29, 0.717) is 0 Å². The monoisotopic (exact) mass is 221 g/mol. The van der Waals surface area contributed by atoms with E-state index in [0.717, 1.165) is 31.9 Å². The van der Waals surface area contributed by atoms with Gasteiger partial charge in [-0.2, -0.15) is 0 Å². The standard InChI is InChI=1S/C13H19NO2/c1-2-15-12-8-13(10-14-9-12)16-11-6-4-3-5-7-11/h3-7,12-14H,2,8-10H2,1H3/t12-,13+/m0/s1. The van der Waals surface area contributed by atoms with E-state index >= 15 is 0 Å². The van der Waals surface area contributed by atoms with Gasteiger partial charge in [-0.1, -0.05) is 18.2 Å². The second-order valence-electron chi connectivity index (χ2n) is 4.02. The van der Waals surface area contributed by atoms with Crippen LogP contribution >= 0.6 is 0 Å². The van der Waals surface area contributed by atoms with Crippen LogP contribution in [0.25, 0.3) is 0 Å². The summed E-state index contributed by atoms with van der Waals surface area (Å²) < 4.78 is 11.5. The molecule has 88 valence electrons. The van der Waals surface area contributed by atoms with Crippen molar-refractivity contribution >= 4 is 0 Å². The summed E-state index contributed by atoms with van der Waals surface area (Å²) in [6, 6.07) is 9.96. The van der Waals surface area contributed by atoms with Crippen molar-refractivity contribution < 1.29 is 9.47 Å². The largest absolute Gasteiger partial charge is 0.489 e. The molecule has 1 aliphatic rings. The Morgan fingerprint density at radius 3 is 2.69 bits per heavy atom. The van der Waals surface area contributed by atoms with Crippen LogP contribution < -0.4 is 10.1 Å². The first-order valence-corrected chi connectivity index (χ1v) is 5.92. The minimum Gasteiger partial charge on any atom is -0.489 e. The molecular weight excluding hydrogens is 202 g/mol. The summed E-state index contributed by atoms with van der Waals surface area (Å²) in [6.45, 7) is 4.63. The number of hydrogen-bond acceptors (Lipinski definition) is 3. The molecule has 1 aliphatic heterocycles. The molecule has 3 nitrogen and oxygen atoms in total. The summed E-state index contributed by atoms with van der Waals surface area (Å²) in [7, 11) is 0. The summed E-state index contributed by atoms with van der Waals surface area (Å²) in [4.78, 5) is 0. The first kappa shape index (κ1) is 11.4. The minimum absolute atomic E-state index is 0.215. The lowest BCUT2D eigenvalue weighted by Crippen LogP contribution is -2.45. The molecule has 2 rings (SSSR count). The second kappa shape index (κ2) is 5.87. The molecule has 3 heteroatoms. The van der Waals surface area contributed by atoms with Crippen molar-refractivity contribution in [2.45, 2.75) is 25.6 Å². The second-order valence-corrected chi connectivity index (χ2v) is 4.02. The highest BCUT2D eigenvalue weighted by molar-refractivity contribution is 5.21. The van der Waals surface area contributed by atoms with E-state index < -0.39 is 0 Å². The fraction of sp³-hybridized carbons (Fsp3) is 0.538. The molecule has 1 saturated heterocycles. The molecule has 0 saturated carbocycles. The lowest BCUT2D eigenvalue weighted by atomic mass is 10.1. The van der Waals surface area contributed by atoms with Gasteiger partial charge in [0.05, 0.1) is 6.10 Å². The SMILES string of the molecule is CCO[C@@H]1CNC[C@H](Oc2ccccc2)C1. The molecule has 1 fully saturated rings. The molecule has 2 atom stereocenters. The Morgan fingerprint density at radius 2 is 1.94 bits per heavy atom. The predicted molar refractivity (Wildman–Crippen MR) is 63.8 cm³/mol. The average molecular weight is 221 g/mol. The summed E-state index contributed by atoms with van der Waals surface area (Å²) in [5, 5.41) is 3.34. The highest BCUT2D eigenvalue weighted by Gasteiger charge is 2.22. The Balaban J connectivity index is 1.85. The zero-order valence-electron chi connectivity index (χ0n) is 9.69. The predicted octanol–water partition coefficient (Wildman–Crippen LogP) is 1.83. The molecule has 0 radical (unpaired) electrons. The van der Waals surface area contributed by atoms with Crippen molar-refractivity contribution in [3.05, 3.63) is 30.3 Å². The number of benzene rings is 1. The van der Waals surface area contributed by atoms with Crippen LogP contribution in [0.3, 0.4) is 0 Å². The first-order valence-electron chi connectivity index (χ1n) is 5.92. The Kier molecular flexibility index (Phi) is 4.19. The van der Waals surface area contributed by atoms with Crippen LogP contribution in [0, 0.1) is 0 Å². The Hall–Kier alpha value is -1.06. The number of para-hydroxylation sites is 1. The van der Waals surface area contributed by atoms with Crippen molar-refractivity contribution in [2.75, 3.05) is 19.7 Å². The van der Waals surface area contributed by atoms with Crippen LogP contribution in [0.15, 0.2) is 30.3 Å². The summed E-state index contributed by atoms with van der Waals surface area (Å²) >= 11 is 0.